The number of ketones is 1. The lowest BCUT2D eigenvalue weighted by Gasteiger charge is -2.39. The summed E-state index contributed by atoms with van der Waals surface area (Å²) >= 11 is 0. The molecule has 1 aliphatic rings. The van der Waals surface area contributed by atoms with Crippen molar-refractivity contribution in [2.75, 3.05) is 18.9 Å². The Morgan fingerprint density at radius 2 is 2.13 bits per heavy atom. The molecule has 0 unspecified atom stereocenters. The molecule has 0 aromatic carbocycles. The van der Waals surface area contributed by atoms with Crippen LogP contribution < -0.4 is 5.73 Å². The van der Waals surface area contributed by atoms with Crippen molar-refractivity contribution < 1.29 is 9.53 Å². The van der Waals surface area contributed by atoms with Gasteiger partial charge in [0.1, 0.15) is 12.0 Å². The van der Waals surface area contributed by atoms with Crippen LogP contribution in [0.4, 0.5) is 5.69 Å². The molecule has 0 aliphatic carbocycles. The fraction of sp³-hybridized carbons (Fsp3) is 0.250. The number of nitrogens with two attached hydrogens (primary N) is 1. The van der Waals surface area contributed by atoms with Crippen molar-refractivity contribution in [3.8, 4) is 0 Å². The van der Waals surface area contributed by atoms with E-state index in [1.165, 1.54) is 18.7 Å². The third-order valence-corrected chi connectivity index (χ3v) is 4.14. The quantitative estimate of drug-likeness (QED) is 0.734. The first-order valence-electron chi connectivity index (χ1n) is 7.23. The largest absolute Gasteiger partial charge is 0.397 e. The number of rotatable bonds is 3. The van der Waals surface area contributed by atoms with Crippen LogP contribution in [-0.2, 0) is 10.3 Å². The van der Waals surface area contributed by atoms with Crippen LogP contribution in [0.3, 0.4) is 0 Å². The molecular formula is C16H15N5O2. The van der Waals surface area contributed by atoms with Crippen LogP contribution in [0.2, 0.25) is 0 Å². The summed E-state index contributed by atoms with van der Waals surface area (Å²) in [6.07, 6.45) is 8.00. The molecule has 0 amide bonds. The highest BCUT2D eigenvalue weighted by molar-refractivity contribution is 6.16. The van der Waals surface area contributed by atoms with Crippen LogP contribution >= 0.6 is 0 Å². The van der Waals surface area contributed by atoms with Crippen LogP contribution in [-0.4, -0.2) is 38.5 Å². The lowest BCUT2D eigenvalue weighted by Crippen LogP contribution is -2.48. The van der Waals surface area contributed by atoms with Crippen molar-refractivity contribution in [1.82, 2.24) is 19.5 Å². The van der Waals surface area contributed by atoms with Crippen molar-refractivity contribution >= 4 is 22.5 Å². The number of hydrogen-bond donors (Lipinski definition) is 1. The van der Waals surface area contributed by atoms with Crippen molar-refractivity contribution in [3.63, 3.8) is 0 Å². The molecule has 116 valence electrons. The summed E-state index contributed by atoms with van der Waals surface area (Å²) in [5.74, 6) is -0.146. The normalized spacial score (nSPS) is 16.2. The van der Waals surface area contributed by atoms with E-state index < -0.39 is 0 Å². The summed E-state index contributed by atoms with van der Waals surface area (Å²) < 4.78 is 7.34. The maximum Gasteiger partial charge on any atom is 0.196 e. The highest BCUT2D eigenvalue weighted by Gasteiger charge is 2.37. The average molecular weight is 309 g/mol. The predicted octanol–water partition coefficient (Wildman–Crippen LogP) is 1.38. The van der Waals surface area contributed by atoms with E-state index in [4.69, 9.17) is 10.5 Å². The number of anilines is 1. The van der Waals surface area contributed by atoms with Gasteiger partial charge in [-0.15, -0.1) is 0 Å². The SMILES string of the molecule is CC1(n2cc(C(=O)c3cncc(N)c3)c3cncnc32)COC1. The summed E-state index contributed by atoms with van der Waals surface area (Å²) in [5.41, 5.74) is 7.71. The maximum atomic E-state index is 12.9. The number of aromatic nitrogens is 4. The van der Waals surface area contributed by atoms with Gasteiger partial charge in [-0.05, 0) is 13.0 Å². The van der Waals surface area contributed by atoms with Crippen molar-refractivity contribution in [2.45, 2.75) is 12.5 Å². The van der Waals surface area contributed by atoms with Gasteiger partial charge in [-0.3, -0.25) is 9.78 Å². The van der Waals surface area contributed by atoms with E-state index in [1.807, 2.05) is 10.8 Å². The van der Waals surface area contributed by atoms with E-state index in [1.54, 1.807) is 12.3 Å². The molecule has 1 fully saturated rings. The molecule has 4 rings (SSSR count). The Morgan fingerprint density at radius 1 is 1.30 bits per heavy atom. The number of nitrogens with zero attached hydrogens (tertiary/aromatic N) is 4. The Labute approximate surface area is 132 Å². The lowest BCUT2D eigenvalue weighted by atomic mass is 10.0. The molecule has 0 saturated carbocycles. The first-order valence-corrected chi connectivity index (χ1v) is 7.23. The zero-order chi connectivity index (χ0) is 16.0. The van der Waals surface area contributed by atoms with Crippen LogP contribution in [0.5, 0.6) is 0 Å². The van der Waals surface area contributed by atoms with Gasteiger partial charge >= 0.3 is 0 Å². The van der Waals surface area contributed by atoms with Crippen LogP contribution in [0.15, 0.2) is 37.2 Å². The Bertz CT molecular complexity index is 914. The Hall–Kier alpha value is -2.80. The highest BCUT2D eigenvalue weighted by atomic mass is 16.5. The molecule has 0 atom stereocenters. The molecular weight excluding hydrogens is 294 g/mol. The van der Waals surface area contributed by atoms with Crippen LogP contribution in [0.25, 0.3) is 11.0 Å². The monoisotopic (exact) mass is 309 g/mol. The van der Waals surface area contributed by atoms with E-state index in [0.29, 0.717) is 35.4 Å². The van der Waals surface area contributed by atoms with Crippen molar-refractivity contribution in [1.29, 1.82) is 0 Å². The third-order valence-electron chi connectivity index (χ3n) is 4.14. The van der Waals surface area contributed by atoms with Gasteiger partial charge in [0.05, 0.1) is 30.0 Å². The van der Waals surface area contributed by atoms with Gasteiger partial charge in [0.2, 0.25) is 0 Å². The number of hydrogen-bond acceptors (Lipinski definition) is 6. The molecule has 1 aliphatic heterocycles. The fourth-order valence-corrected chi connectivity index (χ4v) is 2.83. The summed E-state index contributed by atoms with van der Waals surface area (Å²) in [6.45, 7) is 3.26. The summed E-state index contributed by atoms with van der Waals surface area (Å²) in [7, 11) is 0. The summed E-state index contributed by atoms with van der Waals surface area (Å²) in [5, 5.41) is 0.716. The minimum atomic E-state index is -0.195. The fourth-order valence-electron chi connectivity index (χ4n) is 2.83. The Balaban J connectivity index is 1.89. The third kappa shape index (κ3) is 2.08. The van der Waals surface area contributed by atoms with Crippen LogP contribution in [0.1, 0.15) is 22.8 Å². The summed E-state index contributed by atoms with van der Waals surface area (Å²) in [4.78, 5) is 25.3. The molecule has 3 aromatic rings. The van der Waals surface area contributed by atoms with Gasteiger partial charge in [-0.25, -0.2) is 9.97 Å². The first-order chi connectivity index (χ1) is 11.1. The number of pyridine rings is 1. The van der Waals surface area contributed by atoms with E-state index in [9.17, 15) is 4.79 Å². The van der Waals surface area contributed by atoms with Gasteiger partial charge < -0.3 is 15.0 Å². The summed E-state index contributed by atoms with van der Waals surface area (Å²) in [6, 6.07) is 1.62. The van der Waals surface area contributed by atoms with E-state index in [2.05, 4.69) is 21.9 Å². The van der Waals surface area contributed by atoms with E-state index in [-0.39, 0.29) is 11.3 Å². The molecule has 3 aromatic heterocycles. The minimum absolute atomic E-state index is 0.146. The minimum Gasteiger partial charge on any atom is -0.397 e. The highest BCUT2D eigenvalue weighted by Crippen LogP contribution is 2.32. The number of carbonyl (C=O) groups excluding carboxylic acids is 1. The standard InChI is InChI=1S/C16H15N5O2/c1-16(7-23-8-16)21-6-13(12-5-19-9-20-15(12)21)14(22)10-2-11(17)4-18-3-10/h2-6,9H,7-8,17H2,1H3. The number of ether oxygens (including phenoxy) is 1. The van der Waals surface area contributed by atoms with Gasteiger partial charge in [0.25, 0.3) is 0 Å². The van der Waals surface area contributed by atoms with E-state index in [0.717, 1.165) is 5.65 Å². The first kappa shape index (κ1) is 13.8. The molecule has 23 heavy (non-hydrogen) atoms. The predicted molar refractivity (Wildman–Crippen MR) is 84.1 cm³/mol. The Kier molecular flexibility index (Phi) is 2.92. The zero-order valence-corrected chi connectivity index (χ0v) is 12.6. The number of nitrogen functional groups attached to an aromatic ring is 1. The van der Waals surface area contributed by atoms with Crippen molar-refractivity contribution in [2.24, 2.45) is 0 Å². The average Bonchev–Trinajstić information content (AvgIpc) is 2.92. The van der Waals surface area contributed by atoms with Gasteiger partial charge in [0.15, 0.2) is 5.78 Å². The zero-order valence-electron chi connectivity index (χ0n) is 12.6. The van der Waals surface area contributed by atoms with Gasteiger partial charge in [-0.2, -0.15) is 0 Å². The van der Waals surface area contributed by atoms with Gasteiger partial charge in [0, 0.05) is 35.7 Å². The molecule has 0 radical (unpaired) electrons. The maximum absolute atomic E-state index is 12.9. The lowest BCUT2D eigenvalue weighted by molar-refractivity contribution is -0.0877. The second-order valence-corrected chi connectivity index (χ2v) is 6.00. The number of fused-ring (bicyclic) bond motifs is 1. The second-order valence-electron chi connectivity index (χ2n) is 6.00. The molecule has 4 heterocycles. The molecule has 7 nitrogen and oxygen atoms in total. The van der Waals surface area contributed by atoms with Crippen molar-refractivity contribution in [3.05, 3.63) is 48.3 Å². The van der Waals surface area contributed by atoms with E-state index >= 15 is 0 Å². The Morgan fingerprint density at radius 3 is 2.83 bits per heavy atom. The van der Waals surface area contributed by atoms with Gasteiger partial charge in [-0.1, -0.05) is 0 Å². The molecule has 1 saturated heterocycles. The topological polar surface area (TPSA) is 95.9 Å². The second kappa shape index (κ2) is 4.85. The smallest absolute Gasteiger partial charge is 0.196 e. The van der Waals surface area contributed by atoms with Crippen LogP contribution in [0, 0.1) is 0 Å². The molecule has 7 heteroatoms. The molecule has 0 spiro atoms. The molecule has 0 bridgehead atoms. The number of carbonyl (C=O) groups is 1. The molecule has 2 N–H and O–H groups in total.